The fraction of sp³-hybridized carbons (Fsp3) is 0.889. The summed E-state index contributed by atoms with van der Waals surface area (Å²) in [6.45, 7) is 2.53. The molecule has 82 valence electrons. The first kappa shape index (κ1) is 11.4. The summed E-state index contributed by atoms with van der Waals surface area (Å²) in [5, 5.41) is 20.0. The molecule has 1 amide bonds. The number of likely N-dealkylation sites (tertiary alicyclic amines) is 1. The SMILES string of the molecule is O=C(CN1CCC(CO)C1)NCCO. The summed E-state index contributed by atoms with van der Waals surface area (Å²) in [6.07, 6.45) is 0.962. The molecule has 1 rings (SSSR count). The molecule has 5 heteroatoms. The molecule has 1 aliphatic rings. The number of aliphatic hydroxyl groups is 2. The average Bonchev–Trinajstić information content (AvgIpc) is 2.62. The van der Waals surface area contributed by atoms with Crippen LogP contribution in [0, 0.1) is 5.92 Å². The Hall–Kier alpha value is -0.650. The highest BCUT2D eigenvalue weighted by Crippen LogP contribution is 2.14. The van der Waals surface area contributed by atoms with Crippen LogP contribution in [0.25, 0.3) is 0 Å². The molecule has 3 N–H and O–H groups in total. The third-order valence-corrected chi connectivity index (χ3v) is 2.43. The van der Waals surface area contributed by atoms with Gasteiger partial charge in [-0.3, -0.25) is 9.69 Å². The molecule has 1 aliphatic heterocycles. The van der Waals surface area contributed by atoms with Crippen LogP contribution in [-0.2, 0) is 4.79 Å². The molecule has 1 saturated heterocycles. The Labute approximate surface area is 83.7 Å². The van der Waals surface area contributed by atoms with Gasteiger partial charge in [0.05, 0.1) is 13.2 Å². The predicted molar refractivity (Wildman–Crippen MR) is 51.7 cm³/mol. The molecular formula is C9H18N2O3. The van der Waals surface area contributed by atoms with Crippen molar-refractivity contribution in [2.45, 2.75) is 6.42 Å². The van der Waals surface area contributed by atoms with E-state index in [1.54, 1.807) is 0 Å². The molecule has 0 aliphatic carbocycles. The van der Waals surface area contributed by atoms with Crippen LogP contribution in [-0.4, -0.2) is 60.4 Å². The second kappa shape index (κ2) is 5.95. The first-order valence-electron chi connectivity index (χ1n) is 4.97. The third-order valence-electron chi connectivity index (χ3n) is 2.43. The quantitative estimate of drug-likeness (QED) is 0.502. The van der Waals surface area contributed by atoms with Crippen molar-refractivity contribution in [3.8, 4) is 0 Å². The molecule has 1 unspecified atom stereocenters. The van der Waals surface area contributed by atoms with Gasteiger partial charge in [0, 0.05) is 19.7 Å². The summed E-state index contributed by atoms with van der Waals surface area (Å²) in [5.41, 5.74) is 0. The number of nitrogens with one attached hydrogen (secondary N) is 1. The number of rotatable bonds is 5. The second-order valence-electron chi connectivity index (χ2n) is 3.65. The molecule has 0 aromatic carbocycles. The lowest BCUT2D eigenvalue weighted by atomic mass is 10.1. The number of hydrogen-bond acceptors (Lipinski definition) is 4. The summed E-state index contributed by atoms with van der Waals surface area (Å²) in [6, 6.07) is 0. The Kier molecular flexibility index (Phi) is 4.86. The van der Waals surface area contributed by atoms with E-state index in [1.165, 1.54) is 0 Å². The minimum absolute atomic E-state index is 0.0228. The Balaban J connectivity index is 2.15. The van der Waals surface area contributed by atoms with Crippen LogP contribution in [0.1, 0.15) is 6.42 Å². The molecule has 0 aromatic heterocycles. The number of amides is 1. The average molecular weight is 202 g/mol. The molecular weight excluding hydrogens is 184 g/mol. The fourth-order valence-corrected chi connectivity index (χ4v) is 1.66. The van der Waals surface area contributed by atoms with Gasteiger partial charge in [-0.05, 0) is 18.9 Å². The van der Waals surface area contributed by atoms with Crippen LogP contribution in [0.3, 0.4) is 0 Å². The van der Waals surface area contributed by atoms with Crippen molar-refractivity contribution in [1.82, 2.24) is 10.2 Å². The number of carbonyl (C=O) groups is 1. The van der Waals surface area contributed by atoms with Gasteiger partial charge in [-0.1, -0.05) is 0 Å². The standard InChI is InChI=1S/C9H18N2O3/c12-4-2-10-9(14)6-11-3-1-8(5-11)7-13/h8,12-13H,1-7H2,(H,10,14). The summed E-state index contributed by atoms with van der Waals surface area (Å²) in [5.74, 6) is 0.262. The van der Waals surface area contributed by atoms with Crippen LogP contribution in [0.2, 0.25) is 0 Å². The van der Waals surface area contributed by atoms with Crippen LogP contribution in [0.5, 0.6) is 0 Å². The van der Waals surface area contributed by atoms with Crippen molar-refractivity contribution in [3.63, 3.8) is 0 Å². The maximum absolute atomic E-state index is 11.2. The van der Waals surface area contributed by atoms with Gasteiger partial charge in [0.25, 0.3) is 0 Å². The summed E-state index contributed by atoms with van der Waals surface area (Å²) in [7, 11) is 0. The number of aliphatic hydroxyl groups excluding tert-OH is 2. The molecule has 1 atom stereocenters. The van der Waals surface area contributed by atoms with E-state index in [9.17, 15) is 4.79 Å². The van der Waals surface area contributed by atoms with Gasteiger partial charge in [-0.15, -0.1) is 0 Å². The molecule has 0 radical (unpaired) electrons. The molecule has 0 aromatic rings. The molecule has 0 saturated carbocycles. The minimum Gasteiger partial charge on any atom is -0.396 e. The van der Waals surface area contributed by atoms with Crippen LogP contribution >= 0.6 is 0 Å². The minimum atomic E-state index is -0.0577. The van der Waals surface area contributed by atoms with Gasteiger partial charge in [-0.25, -0.2) is 0 Å². The summed E-state index contributed by atoms with van der Waals surface area (Å²) < 4.78 is 0. The topological polar surface area (TPSA) is 72.8 Å². The van der Waals surface area contributed by atoms with E-state index in [-0.39, 0.29) is 19.1 Å². The van der Waals surface area contributed by atoms with E-state index in [0.717, 1.165) is 19.5 Å². The van der Waals surface area contributed by atoms with Crippen molar-refractivity contribution < 1.29 is 15.0 Å². The zero-order chi connectivity index (χ0) is 10.4. The smallest absolute Gasteiger partial charge is 0.234 e. The maximum atomic E-state index is 11.2. The lowest BCUT2D eigenvalue weighted by Crippen LogP contribution is -2.37. The van der Waals surface area contributed by atoms with Gasteiger partial charge in [0.2, 0.25) is 5.91 Å². The largest absolute Gasteiger partial charge is 0.396 e. The Bertz CT molecular complexity index is 187. The van der Waals surface area contributed by atoms with E-state index in [0.29, 0.717) is 19.0 Å². The van der Waals surface area contributed by atoms with Crippen LogP contribution in [0.15, 0.2) is 0 Å². The zero-order valence-electron chi connectivity index (χ0n) is 8.28. The van der Waals surface area contributed by atoms with Gasteiger partial charge in [0.15, 0.2) is 0 Å². The lowest BCUT2D eigenvalue weighted by molar-refractivity contribution is -0.122. The Morgan fingerprint density at radius 3 is 2.86 bits per heavy atom. The van der Waals surface area contributed by atoms with E-state index < -0.39 is 0 Å². The van der Waals surface area contributed by atoms with Crippen LogP contribution < -0.4 is 5.32 Å². The van der Waals surface area contributed by atoms with Gasteiger partial charge >= 0.3 is 0 Å². The number of nitrogens with zero attached hydrogens (tertiary/aromatic N) is 1. The van der Waals surface area contributed by atoms with Crippen molar-refractivity contribution in [3.05, 3.63) is 0 Å². The third kappa shape index (κ3) is 3.61. The highest BCUT2D eigenvalue weighted by Gasteiger charge is 2.22. The van der Waals surface area contributed by atoms with Crippen LogP contribution in [0.4, 0.5) is 0 Å². The lowest BCUT2D eigenvalue weighted by Gasteiger charge is -2.14. The molecule has 0 spiro atoms. The Morgan fingerprint density at radius 2 is 2.29 bits per heavy atom. The first-order valence-corrected chi connectivity index (χ1v) is 4.97. The van der Waals surface area contributed by atoms with Gasteiger partial charge < -0.3 is 15.5 Å². The van der Waals surface area contributed by atoms with E-state index in [1.807, 2.05) is 4.90 Å². The highest BCUT2D eigenvalue weighted by atomic mass is 16.3. The number of carbonyl (C=O) groups excluding carboxylic acids is 1. The van der Waals surface area contributed by atoms with Crippen molar-refractivity contribution in [1.29, 1.82) is 0 Å². The molecule has 14 heavy (non-hydrogen) atoms. The second-order valence-corrected chi connectivity index (χ2v) is 3.65. The highest BCUT2D eigenvalue weighted by molar-refractivity contribution is 5.78. The monoisotopic (exact) mass is 202 g/mol. The van der Waals surface area contributed by atoms with Gasteiger partial charge in [-0.2, -0.15) is 0 Å². The zero-order valence-corrected chi connectivity index (χ0v) is 8.28. The normalized spacial score (nSPS) is 22.6. The predicted octanol–water partition coefficient (Wildman–Crippen LogP) is -1.59. The van der Waals surface area contributed by atoms with E-state index >= 15 is 0 Å². The van der Waals surface area contributed by atoms with Gasteiger partial charge in [0.1, 0.15) is 0 Å². The van der Waals surface area contributed by atoms with Crippen molar-refractivity contribution >= 4 is 5.91 Å². The van der Waals surface area contributed by atoms with E-state index in [2.05, 4.69) is 5.32 Å². The Morgan fingerprint density at radius 1 is 1.50 bits per heavy atom. The first-order chi connectivity index (χ1) is 6.76. The molecule has 1 heterocycles. The summed E-state index contributed by atoms with van der Waals surface area (Å²) in [4.78, 5) is 13.2. The van der Waals surface area contributed by atoms with Crippen molar-refractivity contribution in [2.75, 3.05) is 39.4 Å². The fourth-order valence-electron chi connectivity index (χ4n) is 1.66. The van der Waals surface area contributed by atoms with E-state index in [4.69, 9.17) is 10.2 Å². The molecule has 5 nitrogen and oxygen atoms in total. The van der Waals surface area contributed by atoms with Crippen molar-refractivity contribution in [2.24, 2.45) is 5.92 Å². The number of hydrogen-bond donors (Lipinski definition) is 3. The molecule has 1 fully saturated rings. The summed E-state index contributed by atoms with van der Waals surface area (Å²) >= 11 is 0. The maximum Gasteiger partial charge on any atom is 0.234 e. The molecule has 0 bridgehead atoms.